The highest BCUT2D eigenvalue weighted by Gasteiger charge is 2.17. The van der Waals surface area contributed by atoms with Crippen molar-refractivity contribution in [2.45, 2.75) is 20.3 Å². The predicted molar refractivity (Wildman–Crippen MR) is 84.9 cm³/mol. The van der Waals surface area contributed by atoms with E-state index >= 15 is 0 Å². The van der Waals surface area contributed by atoms with E-state index in [1.807, 2.05) is 19.1 Å². The number of aromatic nitrogens is 3. The number of hydrogen-bond donors (Lipinski definition) is 1. The Morgan fingerprint density at radius 3 is 2.78 bits per heavy atom. The first-order chi connectivity index (χ1) is 11.1. The number of benzene rings is 1. The van der Waals surface area contributed by atoms with Gasteiger partial charge in [0.1, 0.15) is 5.56 Å². The molecule has 7 heteroatoms. The minimum atomic E-state index is -0.791. The maximum absolute atomic E-state index is 12.5. The van der Waals surface area contributed by atoms with Crippen molar-refractivity contribution >= 4 is 22.5 Å². The summed E-state index contributed by atoms with van der Waals surface area (Å²) in [4.78, 5) is 43.3. The molecule has 118 valence electrons. The number of aromatic amines is 1. The third-order valence-corrected chi connectivity index (χ3v) is 3.63. The van der Waals surface area contributed by atoms with Gasteiger partial charge in [-0.2, -0.15) is 0 Å². The molecular weight excluding hydrogens is 298 g/mol. The van der Waals surface area contributed by atoms with Crippen LogP contribution in [0.15, 0.2) is 34.0 Å². The average molecular weight is 313 g/mol. The number of rotatable bonds is 3. The van der Waals surface area contributed by atoms with Crippen LogP contribution >= 0.6 is 0 Å². The molecule has 1 N–H and O–H groups in total. The van der Waals surface area contributed by atoms with Crippen LogP contribution in [0.5, 0.6) is 0 Å². The molecule has 0 aliphatic carbocycles. The third kappa shape index (κ3) is 2.40. The van der Waals surface area contributed by atoms with Crippen LogP contribution in [0, 0.1) is 0 Å². The van der Waals surface area contributed by atoms with Gasteiger partial charge in [0.25, 0.3) is 5.56 Å². The van der Waals surface area contributed by atoms with Crippen molar-refractivity contribution in [3.8, 4) is 0 Å². The van der Waals surface area contributed by atoms with Crippen molar-refractivity contribution in [3.05, 3.63) is 56.4 Å². The Bertz CT molecular complexity index is 1030. The molecule has 3 rings (SSSR count). The van der Waals surface area contributed by atoms with E-state index in [-0.39, 0.29) is 17.8 Å². The molecule has 0 bridgehead atoms. The van der Waals surface area contributed by atoms with Crippen LogP contribution in [-0.2, 0) is 11.2 Å². The number of H-pyrrole nitrogens is 1. The number of carbonyl (C=O) groups excluding carboxylic acids is 1. The lowest BCUT2D eigenvalue weighted by molar-refractivity contribution is 0.0523. The minimum Gasteiger partial charge on any atom is -0.462 e. The molecule has 2 heterocycles. The summed E-state index contributed by atoms with van der Waals surface area (Å²) in [5.74, 6) is -0.791. The Morgan fingerprint density at radius 2 is 2.09 bits per heavy atom. The van der Waals surface area contributed by atoms with E-state index in [1.165, 1.54) is 0 Å². The first-order valence-corrected chi connectivity index (χ1v) is 7.30. The van der Waals surface area contributed by atoms with Gasteiger partial charge >= 0.3 is 11.7 Å². The highest BCUT2D eigenvalue weighted by Crippen LogP contribution is 2.16. The second-order valence-corrected chi connectivity index (χ2v) is 5.02. The van der Waals surface area contributed by atoms with E-state index in [2.05, 4.69) is 9.97 Å². The number of nitrogens with one attached hydrogen (secondary N) is 1. The Balaban J connectivity index is 2.40. The fourth-order valence-corrected chi connectivity index (χ4v) is 2.46. The second kappa shape index (κ2) is 5.68. The molecule has 0 atom stereocenters. The van der Waals surface area contributed by atoms with Crippen molar-refractivity contribution in [1.82, 2.24) is 14.4 Å². The summed E-state index contributed by atoms with van der Waals surface area (Å²) in [7, 11) is 0. The lowest BCUT2D eigenvalue weighted by atomic mass is 10.1. The van der Waals surface area contributed by atoms with Crippen molar-refractivity contribution in [2.75, 3.05) is 6.61 Å². The highest BCUT2D eigenvalue weighted by molar-refractivity contribution is 5.93. The van der Waals surface area contributed by atoms with Crippen LogP contribution in [0.3, 0.4) is 0 Å². The Labute approximate surface area is 130 Å². The van der Waals surface area contributed by atoms with E-state index in [0.717, 1.165) is 22.6 Å². The molecule has 3 aromatic rings. The van der Waals surface area contributed by atoms with Gasteiger partial charge in [-0.3, -0.25) is 4.79 Å². The Morgan fingerprint density at radius 1 is 1.30 bits per heavy atom. The maximum Gasteiger partial charge on any atom is 0.345 e. The van der Waals surface area contributed by atoms with Gasteiger partial charge in [0, 0.05) is 11.6 Å². The summed E-state index contributed by atoms with van der Waals surface area (Å²) in [6, 6.07) is 5.55. The third-order valence-electron chi connectivity index (χ3n) is 3.63. The zero-order valence-corrected chi connectivity index (χ0v) is 12.8. The molecule has 0 radical (unpaired) electrons. The largest absolute Gasteiger partial charge is 0.462 e. The molecular formula is C16H15N3O4. The zero-order chi connectivity index (χ0) is 16.6. The monoisotopic (exact) mass is 313 g/mol. The fraction of sp³-hybridized carbons (Fsp3) is 0.250. The zero-order valence-electron chi connectivity index (χ0n) is 12.8. The summed E-state index contributed by atoms with van der Waals surface area (Å²) in [6.45, 7) is 3.78. The Kier molecular flexibility index (Phi) is 3.69. The number of aryl methyl sites for hydroxylation is 1. The molecule has 2 aromatic heterocycles. The SMILES string of the molecule is CCOC(=O)c1cnc2c3cc(CC)ccc3[nH]c(=O)n2c1=O. The van der Waals surface area contributed by atoms with Crippen LogP contribution in [0.25, 0.3) is 16.6 Å². The van der Waals surface area contributed by atoms with E-state index < -0.39 is 17.2 Å². The summed E-state index contributed by atoms with van der Waals surface area (Å²) in [5, 5.41) is 0.649. The summed E-state index contributed by atoms with van der Waals surface area (Å²) >= 11 is 0. The van der Waals surface area contributed by atoms with Crippen molar-refractivity contribution in [1.29, 1.82) is 0 Å². The summed E-state index contributed by atoms with van der Waals surface area (Å²) in [6.07, 6.45) is 1.97. The van der Waals surface area contributed by atoms with Crippen LogP contribution in [-0.4, -0.2) is 26.9 Å². The molecule has 0 spiro atoms. The number of hydrogen-bond acceptors (Lipinski definition) is 5. The number of esters is 1. The fourth-order valence-electron chi connectivity index (χ4n) is 2.46. The average Bonchev–Trinajstić information content (AvgIpc) is 2.54. The van der Waals surface area contributed by atoms with Crippen LogP contribution in [0.4, 0.5) is 0 Å². The normalized spacial score (nSPS) is 11.0. The molecule has 1 aromatic carbocycles. The van der Waals surface area contributed by atoms with Crippen LogP contribution < -0.4 is 11.2 Å². The molecule has 23 heavy (non-hydrogen) atoms. The standard InChI is InChI=1S/C16H15N3O4/c1-3-9-5-6-12-10(7-9)13-17-8-11(15(21)23-4-2)14(20)19(13)16(22)18-12/h5-8H,3-4H2,1-2H3,(H,18,22). The molecule has 0 aliphatic heterocycles. The first-order valence-electron chi connectivity index (χ1n) is 7.30. The number of fused-ring (bicyclic) bond motifs is 3. The van der Waals surface area contributed by atoms with Gasteiger partial charge in [0.05, 0.1) is 12.1 Å². The highest BCUT2D eigenvalue weighted by atomic mass is 16.5. The van der Waals surface area contributed by atoms with Crippen LogP contribution in [0.1, 0.15) is 29.8 Å². The van der Waals surface area contributed by atoms with Gasteiger partial charge in [-0.15, -0.1) is 0 Å². The predicted octanol–water partition coefficient (Wildman–Crippen LogP) is 1.28. The molecule has 0 aliphatic rings. The van der Waals surface area contributed by atoms with Gasteiger partial charge < -0.3 is 9.72 Å². The molecule has 0 saturated carbocycles. The molecule has 0 unspecified atom stereocenters. The quantitative estimate of drug-likeness (QED) is 0.580. The molecule has 0 saturated heterocycles. The summed E-state index contributed by atoms with van der Waals surface area (Å²) < 4.78 is 5.69. The lowest BCUT2D eigenvalue weighted by Gasteiger charge is -2.07. The molecule has 0 amide bonds. The minimum absolute atomic E-state index is 0.134. The number of nitrogens with zero attached hydrogens (tertiary/aromatic N) is 2. The molecule has 0 fully saturated rings. The van der Waals surface area contributed by atoms with Gasteiger partial charge in [0.2, 0.25) is 0 Å². The topological polar surface area (TPSA) is 93.5 Å². The second-order valence-electron chi connectivity index (χ2n) is 5.02. The van der Waals surface area contributed by atoms with E-state index in [0.29, 0.717) is 10.9 Å². The van der Waals surface area contributed by atoms with E-state index in [4.69, 9.17) is 4.74 Å². The summed E-state index contributed by atoms with van der Waals surface area (Å²) in [5.41, 5.74) is 0.218. The van der Waals surface area contributed by atoms with E-state index in [9.17, 15) is 14.4 Å². The van der Waals surface area contributed by atoms with Gasteiger partial charge in [0.15, 0.2) is 5.65 Å². The number of ether oxygens (including phenoxy) is 1. The van der Waals surface area contributed by atoms with Gasteiger partial charge in [-0.25, -0.2) is 19.0 Å². The number of carbonyl (C=O) groups is 1. The molecule has 7 nitrogen and oxygen atoms in total. The van der Waals surface area contributed by atoms with Crippen molar-refractivity contribution < 1.29 is 9.53 Å². The van der Waals surface area contributed by atoms with Gasteiger partial charge in [-0.1, -0.05) is 13.0 Å². The smallest absolute Gasteiger partial charge is 0.345 e. The van der Waals surface area contributed by atoms with Crippen molar-refractivity contribution in [3.63, 3.8) is 0 Å². The van der Waals surface area contributed by atoms with E-state index in [1.54, 1.807) is 13.0 Å². The van der Waals surface area contributed by atoms with Gasteiger partial charge in [-0.05, 0) is 31.0 Å². The van der Waals surface area contributed by atoms with Crippen molar-refractivity contribution in [2.24, 2.45) is 0 Å². The first kappa shape index (κ1) is 15.0. The van der Waals surface area contributed by atoms with Crippen LogP contribution in [0.2, 0.25) is 0 Å². The lowest BCUT2D eigenvalue weighted by Crippen LogP contribution is -2.33. The maximum atomic E-state index is 12.5. The Hall–Kier alpha value is -2.96.